The molecule has 5 nitrogen and oxygen atoms in total. The van der Waals surface area contributed by atoms with Crippen molar-refractivity contribution in [3.8, 4) is 0 Å². The van der Waals surface area contributed by atoms with Crippen LogP contribution in [0.25, 0.3) is 0 Å². The van der Waals surface area contributed by atoms with E-state index in [2.05, 4.69) is 28.8 Å². The van der Waals surface area contributed by atoms with Crippen LogP contribution in [0.2, 0.25) is 0 Å². The summed E-state index contributed by atoms with van der Waals surface area (Å²) < 4.78 is 0. The largest absolute Gasteiger partial charge is 0.323 e. The molecule has 0 saturated carbocycles. The molecular weight excluding hydrogens is 142 g/mol. The van der Waals surface area contributed by atoms with Crippen molar-refractivity contribution in [3.05, 3.63) is 0 Å². The number of carbonyl (C=O) groups is 2. The predicted molar refractivity (Wildman–Crippen MR) is 30.8 cm³/mol. The molecular formula is C3H4N3O2S. The van der Waals surface area contributed by atoms with E-state index >= 15 is 0 Å². The van der Waals surface area contributed by atoms with E-state index in [0.29, 0.717) is 0 Å². The van der Waals surface area contributed by atoms with E-state index < -0.39 is 17.3 Å². The molecule has 1 unspecified atom stereocenters. The topological polar surface area (TPSA) is 70.2 Å². The quantitative estimate of drug-likeness (QED) is 0.354. The maximum absolute atomic E-state index is 10.4. The minimum Gasteiger partial charge on any atom is -0.321 e. The molecule has 1 aliphatic heterocycles. The number of hydrogen-bond acceptors (Lipinski definition) is 3. The summed E-state index contributed by atoms with van der Waals surface area (Å²) in [5.41, 5.74) is 3.82. The molecule has 1 rings (SSSR count). The van der Waals surface area contributed by atoms with Crippen LogP contribution >= 0.6 is 12.6 Å². The first-order valence-corrected chi connectivity index (χ1v) is 2.69. The Balaban J connectivity index is 2.54. The van der Waals surface area contributed by atoms with E-state index in [1.54, 1.807) is 0 Å². The molecule has 3 N–H and O–H groups in total. The number of amides is 2. The van der Waals surface area contributed by atoms with Gasteiger partial charge < -0.3 is 5.32 Å². The van der Waals surface area contributed by atoms with Gasteiger partial charge in [-0.3, -0.25) is 15.0 Å². The molecule has 0 aromatic heterocycles. The van der Waals surface area contributed by atoms with Gasteiger partial charge >= 0.3 is 11.8 Å². The molecule has 0 aromatic carbocycles. The van der Waals surface area contributed by atoms with Crippen LogP contribution in [0, 0.1) is 0 Å². The van der Waals surface area contributed by atoms with Gasteiger partial charge in [0.1, 0.15) is 0 Å². The lowest BCUT2D eigenvalue weighted by Gasteiger charge is -2.18. The maximum atomic E-state index is 10.4. The summed E-state index contributed by atoms with van der Waals surface area (Å²) in [5.74, 6) is -1.41. The Kier molecular flexibility index (Phi) is 1.58. The number of hydrogen-bond donors (Lipinski definition) is 3. The third-order valence-electron chi connectivity index (χ3n) is 0.785. The first-order valence-electron chi connectivity index (χ1n) is 2.22. The molecule has 0 aliphatic carbocycles. The van der Waals surface area contributed by atoms with Gasteiger partial charge in [0.15, 0.2) is 5.50 Å². The van der Waals surface area contributed by atoms with Crippen molar-refractivity contribution in [2.45, 2.75) is 5.50 Å². The Hall–Kier alpha value is -0.750. The van der Waals surface area contributed by atoms with Gasteiger partial charge in [-0.1, -0.05) is 0 Å². The second-order valence-corrected chi connectivity index (χ2v) is 1.92. The molecule has 1 radical (unpaired) electrons. The van der Waals surface area contributed by atoms with Gasteiger partial charge in [0.05, 0.1) is 0 Å². The highest BCUT2D eigenvalue weighted by Crippen LogP contribution is 1.85. The number of carbonyl (C=O) groups excluding carboxylic acids is 2. The summed E-state index contributed by atoms with van der Waals surface area (Å²) in [6, 6.07) is 0. The molecule has 1 saturated heterocycles. The number of hydrazine groups is 1. The van der Waals surface area contributed by atoms with Crippen LogP contribution < -0.4 is 16.2 Å². The highest BCUT2D eigenvalue weighted by atomic mass is 32.1. The van der Waals surface area contributed by atoms with Gasteiger partial charge in [-0.25, -0.2) is 5.43 Å². The van der Waals surface area contributed by atoms with Crippen LogP contribution in [-0.4, -0.2) is 17.3 Å². The smallest absolute Gasteiger partial charge is 0.321 e. The van der Waals surface area contributed by atoms with Gasteiger partial charge in [-0.05, 0) is 12.6 Å². The van der Waals surface area contributed by atoms with Crippen molar-refractivity contribution >= 4 is 24.4 Å². The van der Waals surface area contributed by atoms with E-state index in [0.717, 1.165) is 0 Å². The summed E-state index contributed by atoms with van der Waals surface area (Å²) in [4.78, 5) is 20.7. The highest BCUT2D eigenvalue weighted by Gasteiger charge is 2.21. The molecule has 1 atom stereocenters. The molecule has 9 heavy (non-hydrogen) atoms. The fourth-order valence-electron chi connectivity index (χ4n) is 0.409. The summed E-state index contributed by atoms with van der Waals surface area (Å²) in [6.45, 7) is 0. The van der Waals surface area contributed by atoms with Crippen LogP contribution in [0.15, 0.2) is 0 Å². The van der Waals surface area contributed by atoms with Crippen LogP contribution in [0.4, 0.5) is 0 Å². The van der Waals surface area contributed by atoms with E-state index in [4.69, 9.17) is 0 Å². The lowest BCUT2D eigenvalue weighted by Crippen LogP contribution is -2.61. The first-order chi connectivity index (χ1) is 4.20. The summed E-state index contributed by atoms with van der Waals surface area (Å²) in [6.07, 6.45) is 0. The summed E-state index contributed by atoms with van der Waals surface area (Å²) >= 11 is 4.56. The molecule has 2 amide bonds. The first kappa shape index (κ1) is 6.37. The van der Waals surface area contributed by atoms with E-state index in [-0.39, 0.29) is 0 Å². The van der Waals surface area contributed by atoms with Crippen molar-refractivity contribution in [2.75, 3.05) is 0 Å². The van der Waals surface area contributed by atoms with E-state index in [1.165, 1.54) is 0 Å². The zero-order chi connectivity index (χ0) is 6.85. The Labute approximate surface area is 56.6 Å². The van der Waals surface area contributed by atoms with Gasteiger partial charge in [0.25, 0.3) is 0 Å². The second-order valence-electron chi connectivity index (χ2n) is 1.45. The Morgan fingerprint density at radius 3 is 2.44 bits per heavy atom. The lowest BCUT2D eigenvalue weighted by molar-refractivity contribution is -0.142. The van der Waals surface area contributed by atoms with Gasteiger partial charge in [-0.15, -0.1) is 0 Å². The van der Waals surface area contributed by atoms with E-state index in [1.807, 2.05) is 0 Å². The lowest BCUT2D eigenvalue weighted by atomic mass is 10.5. The van der Waals surface area contributed by atoms with Crippen molar-refractivity contribution in [1.82, 2.24) is 16.2 Å². The minimum absolute atomic E-state index is 0.602. The summed E-state index contributed by atoms with van der Waals surface area (Å²) in [7, 11) is 0. The van der Waals surface area contributed by atoms with Crippen molar-refractivity contribution in [1.29, 1.82) is 0 Å². The second kappa shape index (κ2) is 2.24. The average Bonchev–Trinajstić information content (AvgIpc) is 1.80. The third kappa shape index (κ3) is 1.33. The molecule has 1 heterocycles. The molecule has 49 valence electrons. The van der Waals surface area contributed by atoms with Crippen molar-refractivity contribution in [2.24, 2.45) is 0 Å². The van der Waals surface area contributed by atoms with Crippen LogP contribution in [-0.2, 0) is 9.59 Å². The monoisotopic (exact) mass is 146 g/mol. The molecule has 6 heteroatoms. The normalized spacial score (nSPS) is 27.0. The fourth-order valence-corrected chi connectivity index (χ4v) is 0.575. The van der Waals surface area contributed by atoms with Crippen molar-refractivity contribution < 1.29 is 9.59 Å². The molecule has 0 aromatic rings. The average molecular weight is 146 g/mol. The zero-order valence-electron chi connectivity index (χ0n) is 4.30. The van der Waals surface area contributed by atoms with Crippen LogP contribution in [0.1, 0.15) is 0 Å². The fraction of sp³-hybridized carbons (Fsp3) is 0.333. The SMILES string of the molecule is O=C1NNC([S])NC1=O. The van der Waals surface area contributed by atoms with Crippen LogP contribution in [0.3, 0.4) is 0 Å². The maximum Gasteiger partial charge on any atom is 0.323 e. The van der Waals surface area contributed by atoms with Crippen molar-refractivity contribution in [3.63, 3.8) is 0 Å². The minimum atomic E-state index is -0.712. The Bertz CT molecular complexity index is 159. The zero-order valence-corrected chi connectivity index (χ0v) is 5.12. The highest BCUT2D eigenvalue weighted by molar-refractivity contribution is 7.80. The number of rotatable bonds is 0. The number of nitrogens with one attached hydrogen (secondary N) is 3. The Morgan fingerprint density at radius 2 is 2.00 bits per heavy atom. The summed E-state index contributed by atoms with van der Waals surface area (Å²) in [5, 5.41) is 2.18. The molecule has 1 aliphatic rings. The van der Waals surface area contributed by atoms with E-state index in [9.17, 15) is 9.59 Å². The van der Waals surface area contributed by atoms with Gasteiger partial charge in [-0.2, -0.15) is 0 Å². The Morgan fingerprint density at radius 1 is 1.33 bits per heavy atom. The predicted octanol–water partition coefficient (Wildman–Crippen LogP) is -1.78. The van der Waals surface area contributed by atoms with Crippen LogP contribution in [0.5, 0.6) is 0 Å². The molecule has 1 fully saturated rings. The third-order valence-corrected chi connectivity index (χ3v) is 1.02. The van der Waals surface area contributed by atoms with Gasteiger partial charge in [0, 0.05) is 0 Å². The van der Waals surface area contributed by atoms with Gasteiger partial charge in [0.2, 0.25) is 0 Å². The standard InChI is InChI=1S/C3H4N3O2S/c7-1-2(8)5-6-3(9)4-1/h3,6H,(H,4,7)(H,5,8). The molecule has 0 spiro atoms. The molecule has 0 bridgehead atoms.